The monoisotopic (exact) mass is 289 g/mol. The molecule has 0 saturated heterocycles. The summed E-state index contributed by atoms with van der Waals surface area (Å²) in [6.07, 6.45) is 2.38. The molecule has 0 spiro atoms. The average molecular weight is 290 g/mol. The van der Waals surface area contributed by atoms with Crippen molar-refractivity contribution in [1.29, 1.82) is 0 Å². The first-order chi connectivity index (χ1) is 9.60. The van der Waals surface area contributed by atoms with Gasteiger partial charge < -0.3 is 11.1 Å². The van der Waals surface area contributed by atoms with Crippen molar-refractivity contribution in [2.75, 3.05) is 5.73 Å². The van der Waals surface area contributed by atoms with Crippen molar-refractivity contribution in [2.45, 2.75) is 19.9 Å². The van der Waals surface area contributed by atoms with E-state index in [0.29, 0.717) is 17.8 Å². The number of hydrogen-bond acceptors (Lipinski definition) is 3. The normalized spacial score (nSPS) is 10.3. The Labute approximate surface area is 123 Å². The molecule has 1 amide bonds. The van der Waals surface area contributed by atoms with Crippen LogP contribution in [0.25, 0.3) is 0 Å². The summed E-state index contributed by atoms with van der Waals surface area (Å²) in [5.74, 6) is -0.258. The van der Waals surface area contributed by atoms with E-state index in [9.17, 15) is 4.79 Å². The molecule has 0 aliphatic rings. The Morgan fingerprint density at radius 1 is 1.30 bits per heavy atom. The third-order valence-electron chi connectivity index (χ3n) is 3.03. The average Bonchev–Trinajstić information content (AvgIpc) is 2.47. The number of nitrogens with zero attached hydrogens (tertiary/aromatic N) is 1. The number of hydrogen-bond donors (Lipinski definition) is 2. The fourth-order valence-corrected chi connectivity index (χ4v) is 1.97. The first kappa shape index (κ1) is 14.3. The zero-order chi connectivity index (χ0) is 14.5. The molecule has 3 N–H and O–H groups in total. The second kappa shape index (κ2) is 6.39. The van der Waals surface area contributed by atoms with Gasteiger partial charge in [0.1, 0.15) is 5.15 Å². The van der Waals surface area contributed by atoms with Gasteiger partial charge in [-0.3, -0.25) is 4.79 Å². The van der Waals surface area contributed by atoms with Gasteiger partial charge in [0.25, 0.3) is 5.91 Å². The Morgan fingerprint density at radius 2 is 1.95 bits per heavy atom. The molecule has 0 saturated carbocycles. The minimum absolute atomic E-state index is 0.247. The molecule has 0 aliphatic heterocycles. The van der Waals surface area contributed by atoms with E-state index in [1.807, 2.05) is 12.1 Å². The van der Waals surface area contributed by atoms with E-state index in [4.69, 9.17) is 17.3 Å². The maximum atomic E-state index is 12.0. The van der Waals surface area contributed by atoms with E-state index in [0.717, 1.165) is 12.0 Å². The van der Waals surface area contributed by atoms with Gasteiger partial charge in [-0.15, -0.1) is 0 Å². The van der Waals surface area contributed by atoms with Crippen molar-refractivity contribution in [3.05, 3.63) is 58.4 Å². The van der Waals surface area contributed by atoms with Crippen LogP contribution in [0.1, 0.15) is 28.4 Å². The molecule has 1 aromatic heterocycles. The lowest BCUT2D eigenvalue weighted by atomic mass is 10.1. The molecule has 1 aromatic carbocycles. The van der Waals surface area contributed by atoms with E-state index in [-0.39, 0.29) is 11.1 Å². The minimum Gasteiger partial charge on any atom is -0.397 e. The van der Waals surface area contributed by atoms with E-state index < -0.39 is 0 Å². The fourth-order valence-electron chi connectivity index (χ4n) is 1.81. The predicted molar refractivity (Wildman–Crippen MR) is 80.6 cm³/mol. The summed E-state index contributed by atoms with van der Waals surface area (Å²) in [6.45, 7) is 2.55. The van der Waals surface area contributed by atoms with E-state index in [1.165, 1.54) is 17.8 Å². The van der Waals surface area contributed by atoms with E-state index >= 15 is 0 Å². The zero-order valence-corrected chi connectivity index (χ0v) is 11.9. The molecular formula is C15H16ClN3O. The maximum Gasteiger partial charge on any atom is 0.253 e. The highest BCUT2D eigenvalue weighted by atomic mass is 35.5. The first-order valence-electron chi connectivity index (χ1n) is 6.37. The zero-order valence-electron chi connectivity index (χ0n) is 11.2. The topological polar surface area (TPSA) is 68.0 Å². The summed E-state index contributed by atoms with van der Waals surface area (Å²) in [5, 5.41) is 3.06. The van der Waals surface area contributed by atoms with Crippen LogP contribution in [0.5, 0.6) is 0 Å². The van der Waals surface area contributed by atoms with Gasteiger partial charge >= 0.3 is 0 Å². The number of aromatic nitrogens is 1. The Bertz CT molecular complexity index is 611. The van der Waals surface area contributed by atoms with Crippen LogP contribution in [-0.4, -0.2) is 10.9 Å². The molecule has 1 heterocycles. The molecule has 0 unspecified atom stereocenters. The second-order valence-electron chi connectivity index (χ2n) is 4.45. The molecule has 5 heteroatoms. The standard InChI is InChI=1S/C15H16ClN3O/c1-2-10-3-5-11(6-4-10)8-19-15(20)12-7-14(16)18-9-13(12)17/h3-7,9H,2,8,17H2,1H3,(H,19,20). The third-order valence-corrected chi connectivity index (χ3v) is 3.24. The number of anilines is 1. The summed E-state index contributed by atoms with van der Waals surface area (Å²) in [6, 6.07) is 9.58. The molecule has 0 radical (unpaired) electrons. The highest BCUT2D eigenvalue weighted by Gasteiger charge is 2.10. The number of benzene rings is 1. The lowest BCUT2D eigenvalue weighted by Gasteiger charge is -2.08. The van der Waals surface area contributed by atoms with E-state index in [2.05, 4.69) is 29.4 Å². The van der Waals surface area contributed by atoms with Gasteiger partial charge in [-0.2, -0.15) is 0 Å². The van der Waals surface area contributed by atoms with Crippen molar-refractivity contribution < 1.29 is 4.79 Å². The van der Waals surface area contributed by atoms with E-state index in [1.54, 1.807) is 0 Å². The molecule has 0 atom stereocenters. The number of nitrogen functional groups attached to an aromatic ring is 1. The lowest BCUT2D eigenvalue weighted by Crippen LogP contribution is -2.24. The number of nitrogens with one attached hydrogen (secondary N) is 1. The summed E-state index contributed by atoms with van der Waals surface area (Å²) in [4.78, 5) is 15.9. The Balaban J connectivity index is 2.02. The highest BCUT2D eigenvalue weighted by Crippen LogP contribution is 2.15. The van der Waals surface area contributed by atoms with Crippen LogP contribution in [0.4, 0.5) is 5.69 Å². The number of nitrogens with two attached hydrogens (primary N) is 1. The van der Waals surface area contributed by atoms with Crippen molar-refractivity contribution >= 4 is 23.2 Å². The molecule has 0 aliphatic carbocycles. The molecule has 2 aromatic rings. The minimum atomic E-state index is -0.258. The summed E-state index contributed by atoms with van der Waals surface area (Å²) in [5.41, 5.74) is 8.68. The molecule has 104 valence electrons. The van der Waals surface area contributed by atoms with Gasteiger partial charge in [-0.25, -0.2) is 4.98 Å². The van der Waals surface area contributed by atoms with Crippen LogP contribution in [0.15, 0.2) is 36.5 Å². The van der Waals surface area contributed by atoms with Gasteiger partial charge in [0.15, 0.2) is 0 Å². The Kier molecular flexibility index (Phi) is 4.58. The number of amides is 1. The molecule has 2 rings (SSSR count). The van der Waals surface area contributed by atoms with Crippen LogP contribution >= 0.6 is 11.6 Å². The second-order valence-corrected chi connectivity index (χ2v) is 4.83. The first-order valence-corrected chi connectivity index (χ1v) is 6.75. The molecule has 0 bridgehead atoms. The van der Waals surface area contributed by atoms with Crippen LogP contribution < -0.4 is 11.1 Å². The van der Waals surface area contributed by atoms with Crippen LogP contribution in [0, 0.1) is 0 Å². The summed E-state index contributed by atoms with van der Waals surface area (Å²) in [7, 11) is 0. The third kappa shape index (κ3) is 3.48. The SMILES string of the molecule is CCc1ccc(CNC(=O)c2cc(Cl)ncc2N)cc1. The number of carbonyl (C=O) groups is 1. The lowest BCUT2D eigenvalue weighted by molar-refractivity contribution is 0.0951. The summed E-state index contributed by atoms with van der Waals surface area (Å²) >= 11 is 5.76. The van der Waals surface area contributed by atoms with Crippen molar-refractivity contribution in [3.8, 4) is 0 Å². The Hall–Kier alpha value is -2.07. The number of pyridine rings is 1. The van der Waals surface area contributed by atoms with Gasteiger partial charge in [0.2, 0.25) is 0 Å². The van der Waals surface area contributed by atoms with Crippen LogP contribution in [-0.2, 0) is 13.0 Å². The molecule has 20 heavy (non-hydrogen) atoms. The number of carbonyl (C=O) groups excluding carboxylic acids is 1. The van der Waals surface area contributed by atoms with Gasteiger partial charge in [-0.1, -0.05) is 42.8 Å². The predicted octanol–water partition coefficient (Wildman–Crippen LogP) is 2.81. The number of halogens is 1. The molecule has 0 fully saturated rings. The largest absolute Gasteiger partial charge is 0.397 e. The van der Waals surface area contributed by atoms with Gasteiger partial charge in [0, 0.05) is 6.54 Å². The number of rotatable bonds is 4. The number of aryl methyl sites for hydroxylation is 1. The Morgan fingerprint density at radius 3 is 2.60 bits per heavy atom. The summed E-state index contributed by atoms with van der Waals surface area (Å²) < 4.78 is 0. The fraction of sp³-hybridized carbons (Fsp3) is 0.200. The highest BCUT2D eigenvalue weighted by molar-refractivity contribution is 6.29. The van der Waals surface area contributed by atoms with Crippen molar-refractivity contribution in [3.63, 3.8) is 0 Å². The van der Waals surface area contributed by atoms with Crippen LogP contribution in [0.3, 0.4) is 0 Å². The van der Waals surface area contributed by atoms with Crippen molar-refractivity contribution in [1.82, 2.24) is 10.3 Å². The molecule has 4 nitrogen and oxygen atoms in total. The smallest absolute Gasteiger partial charge is 0.253 e. The quantitative estimate of drug-likeness (QED) is 0.851. The van der Waals surface area contributed by atoms with Gasteiger partial charge in [-0.05, 0) is 23.6 Å². The van der Waals surface area contributed by atoms with Crippen molar-refractivity contribution in [2.24, 2.45) is 0 Å². The van der Waals surface area contributed by atoms with Gasteiger partial charge in [0.05, 0.1) is 17.4 Å². The van der Waals surface area contributed by atoms with Crippen LogP contribution in [0.2, 0.25) is 5.15 Å². The maximum absolute atomic E-state index is 12.0. The molecular weight excluding hydrogens is 274 g/mol.